The lowest BCUT2D eigenvalue weighted by molar-refractivity contribution is 0.00578. The molecule has 0 radical (unpaired) electrons. The Hall–Kier alpha value is -0.485. The van der Waals surface area contributed by atoms with Crippen molar-refractivity contribution in [1.82, 2.24) is 0 Å². The molecule has 1 saturated heterocycles. The van der Waals surface area contributed by atoms with Gasteiger partial charge in [0.2, 0.25) is 0 Å². The van der Waals surface area contributed by atoms with Crippen LogP contribution in [0.3, 0.4) is 0 Å². The van der Waals surface area contributed by atoms with E-state index in [0.717, 1.165) is 5.47 Å². The van der Waals surface area contributed by atoms with Crippen molar-refractivity contribution in [3.63, 3.8) is 0 Å². The molecule has 0 N–H and O–H groups in total. The van der Waals surface area contributed by atoms with Gasteiger partial charge in [0.25, 0.3) is 0 Å². The van der Waals surface area contributed by atoms with Crippen LogP contribution in [0.5, 0.6) is 0 Å². The predicted octanol–water partition coefficient (Wildman–Crippen LogP) is 4.73. The van der Waals surface area contributed by atoms with Crippen molar-refractivity contribution in [2.24, 2.45) is 0 Å². The van der Waals surface area contributed by atoms with Crippen LogP contribution in [0.1, 0.15) is 38.8 Å². The second-order valence-corrected chi connectivity index (χ2v) is 7.31. The molecular formula is C16H21BClFO2S. The second-order valence-electron chi connectivity index (χ2n) is 6.59. The van der Waals surface area contributed by atoms with E-state index in [9.17, 15) is 4.39 Å². The van der Waals surface area contributed by atoms with Gasteiger partial charge in [0.15, 0.2) is 0 Å². The molecule has 2 rings (SSSR count). The van der Waals surface area contributed by atoms with Crippen molar-refractivity contribution in [3.8, 4) is 0 Å². The Morgan fingerprint density at radius 3 is 2.32 bits per heavy atom. The Bertz CT molecular complexity index is 600. The van der Waals surface area contributed by atoms with Gasteiger partial charge in [-0.15, -0.1) is 0 Å². The molecule has 22 heavy (non-hydrogen) atoms. The zero-order valence-electron chi connectivity index (χ0n) is 13.5. The van der Waals surface area contributed by atoms with Gasteiger partial charge in [-0.25, -0.2) is 4.39 Å². The van der Waals surface area contributed by atoms with E-state index in [0.29, 0.717) is 21.9 Å². The molecule has 1 heterocycles. The fourth-order valence-corrected chi connectivity index (χ4v) is 2.57. The first-order valence-electron chi connectivity index (χ1n) is 7.20. The maximum absolute atomic E-state index is 14.1. The van der Waals surface area contributed by atoms with Gasteiger partial charge >= 0.3 is 7.12 Å². The van der Waals surface area contributed by atoms with E-state index < -0.39 is 18.3 Å². The summed E-state index contributed by atoms with van der Waals surface area (Å²) < 4.78 is 26.1. The molecule has 2 nitrogen and oxygen atoms in total. The highest BCUT2D eigenvalue weighted by Crippen LogP contribution is 2.39. The fraction of sp³-hybridized carbons (Fsp3) is 0.500. The molecule has 0 atom stereocenters. The Kier molecular flexibility index (Phi) is 5.03. The van der Waals surface area contributed by atoms with Crippen molar-refractivity contribution >= 4 is 37.4 Å². The topological polar surface area (TPSA) is 18.5 Å². The van der Waals surface area contributed by atoms with Crippen LogP contribution in [0.4, 0.5) is 4.39 Å². The van der Waals surface area contributed by atoms with Crippen LogP contribution in [0.2, 0.25) is 5.02 Å². The van der Waals surface area contributed by atoms with E-state index in [1.54, 1.807) is 19.1 Å². The molecule has 0 bridgehead atoms. The minimum absolute atomic E-state index is 0.322. The van der Waals surface area contributed by atoms with Gasteiger partial charge in [0.1, 0.15) is 5.82 Å². The molecule has 1 aliphatic rings. The number of thiol groups is 1. The minimum atomic E-state index is -0.540. The van der Waals surface area contributed by atoms with Crippen LogP contribution in [-0.2, 0) is 9.31 Å². The molecule has 0 amide bonds. The highest BCUT2D eigenvalue weighted by Gasteiger charge is 2.52. The first kappa shape index (κ1) is 17.9. The van der Waals surface area contributed by atoms with Crippen molar-refractivity contribution in [2.75, 3.05) is 5.75 Å². The highest BCUT2D eigenvalue weighted by molar-refractivity contribution is 7.80. The largest absolute Gasteiger partial charge is 0.491 e. The van der Waals surface area contributed by atoms with Gasteiger partial charge in [-0.1, -0.05) is 17.7 Å². The number of hydrogen-bond acceptors (Lipinski definition) is 3. The number of halogens is 2. The molecule has 1 aromatic carbocycles. The fourth-order valence-electron chi connectivity index (χ4n) is 2.15. The molecule has 0 unspecified atom stereocenters. The van der Waals surface area contributed by atoms with E-state index in [1.807, 2.05) is 27.7 Å². The van der Waals surface area contributed by atoms with Gasteiger partial charge in [-0.2, -0.15) is 12.6 Å². The summed E-state index contributed by atoms with van der Waals surface area (Å²) in [6.07, 6.45) is 1.70. The molecule has 0 saturated carbocycles. The zero-order valence-corrected chi connectivity index (χ0v) is 15.2. The second kappa shape index (κ2) is 6.19. The molecular weight excluding hydrogens is 322 g/mol. The molecule has 1 aliphatic heterocycles. The summed E-state index contributed by atoms with van der Waals surface area (Å²) in [5.74, 6) is 0.0830. The molecule has 1 fully saturated rings. The van der Waals surface area contributed by atoms with Crippen LogP contribution in [0, 0.1) is 12.7 Å². The third-order valence-electron chi connectivity index (χ3n) is 4.36. The summed E-state index contributed by atoms with van der Waals surface area (Å²) in [5, 5.41) is 0.528. The standard InChI is InChI=1S/C16H21BClFO2S/c1-10-6-14(19)11(8-13(10)18)7-12(9-22)17-20-15(2,3)16(4,5)21-17/h6-8,22H,9H2,1-5H3. The maximum Gasteiger partial charge on any atom is 0.491 e. The summed E-state index contributed by atoms with van der Waals surface area (Å²) in [5.41, 5.74) is 1.00. The molecule has 1 aromatic rings. The van der Waals surface area contributed by atoms with Crippen LogP contribution >= 0.6 is 24.2 Å². The summed E-state index contributed by atoms with van der Waals surface area (Å²) in [4.78, 5) is 0. The monoisotopic (exact) mass is 342 g/mol. The lowest BCUT2D eigenvalue weighted by Gasteiger charge is -2.32. The quantitative estimate of drug-likeness (QED) is 0.632. The van der Waals surface area contributed by atoms with Crippen LogP contribution < -0.4 is 0 Å². The zero-order chi connectivity index (χ0) is 16.7. The summed E-state index contributed by atoms with van der Waals surface area (Å²) >= 11 is 10.4. The van der Waals surface area contributed by atoms with Gasteiger partial charge in [-0.3, -0.25) is 0 Å². The number of aryl methyl sites for hydroxylation is 1. The van der Waals surface area contributed by atoms with Crippen LogP contribution in [0.25, 0.3) is 6.08 Å². The van der Waals surface area contributed by atoms with Crippen molar-refractivity contribution in [2.45, 2.75) is 45.8 Å². The SMILES string of the molecule is Cc1cc(F)c(C=C(CS)B2OC(C)(C)C(C)(C)O2)cc1Cl. The maximum atomic E-state index is 14.1. The lowest BCUT2D eigenvalue weighted by Crippen LogP contribution is -2.41. The van der Waals surface area contributed by atoms with Crippen molar-refractivity contribution in [1.29, 1.82) is 0 Å². The van der Waals surface area contributed by atoms with Crippen molar-refractivity contribution in [3.05, 3.63) is 39.6 Å². The Labute approximate surface area is 142 Å². The van der Waals surface area contributed by atoms with E-state index in [4.69, 9.17) is 20.9 Å². The van der Waals surface area contributed by atoms with E-state index >= 15 is 0 Å². The van der Waals surface area contributed by atoms with E-state index in [2.05, 4.69) is 12.6 Å². The van der Waals surface area contributed by atoms with Gasteiger partial charge in [0.05, 0.1) is 11.2 Å². The van der Waals surface area contributed by atoms with E-state index in [1.165, 1.54) is 6.07 Å². The molecule has 0 aromatic heterocycles. The lowest BCUT2D eigenvalue weighted by atomic mass is 9.78. The third kappa shape index (κ3) is 3.38. The Morgan fingerprint density at radius 1 is 1.27 bits per heavy atom. The van der Waals surface area contributed by atoms with Crippen LogP contribution in [-0.4, -0.2) is 24.1 Å². The molecule has 0 aliphatic carbocycles. The first-order valence-corrected chi connectivity index (χ1v) is 8.21. The third-order valence-corrected chi connectivity index (χ3v) is 5.13. The number of benzene rings is 1. The van der Waals surface area contributed by atoms with Crippen molar-refractivity contribution < 1.29 is 13.7 Å². The normalized spacial score (nSPS) is 20.5. The van der Waals surface area contributed by atoms with Gasteiger partial charge in [0, 0.05) is 16.3 Å². The predicted molar refractivity (Wildman–Crippen MR) is 94.1 cm³/mol. The summed E-state index contributed by atoms with van der Waals surface area (Å²) in [6.45, 7) is 9.69. The molecule has 120 valence electrons. The first-order chi connectivity index (χ1) is 10.1. The van der Waals surface area contributed by atoms with Gasteiger partial charge < -0.3 is 9.31 Å². The number of hydrogen-bond donors (Lipinski definition) is 1. The molecule has 0 spiro atoms. The average molecular weight is 343 g/mol. The Balaban J connectivity index is 2.36. The average Bonchev–Trinajstić information content (AvgIpc) is 2.61. The smallest absolute Gasteiger partial charge is 0.400 e. The minimum Gasteiger partial charge on any atom is -0.400 e. The van der Waals surface area contributed by atoms with Gasteiger partial charge in [-0.05, 0) is 57.8 Å². The Morgan fingerprint density at radius 2 is 1.82 bits per heavy atom. The summed E-state index contributed by atoms with van der Waals surface area (Å²) in [6, 6.07) is 3.04. The van der Waals surface area contributed by atoms with Crippen LogP contribution in [0.15, 0.2) is 17.6 Å². The molecule has 6 heteroatoms. The highest BCUT2D eigenvalue weighted by atomic mass is 35.5. The van der Waals surface area contributed by atoms with E-state index in [-0.39, 0.29) is 5.82 Å². The summed E-state index contributed by atoms with van der Waals surface area (Å²) in [7, 11) is -0.540. The number of rotatable bonds is 3.